The van der Waals surface area contributed by atoms with Gasteiger partial charge in [-0.15, -0.1) is 0 Å². The number of benzene rings is 1. The maximum atomic E-state index is 13.3. The Bertz CT molecular complexity index is 942. The third-order valence-electron chi connectivity index (χ3n) is 6.26. The van der Waals surface area contributed by atoms with E-state index in [1.54, 1.807) is 4.90 Å². The van der Waals surface area contributed by atoms with Gasteiger partial charge in [0.15, 0.2) is 0 Å². The zero-order valence-corrected chi connectivity index (χ0v) is 18.1. The first-order valence-electron chi connectivity index (χ1n) is 11.2. The van der Waals surface area contributed by atoms with E-state index in [9.17, 15) is 14.4 Å². The van der Waals surface area contributed by atoms with Crippen molar-refractivity contribution >= 4 is 28.7 Å². The Balaban J connectivity index is 1.39. The number of hydrogen-bond donors (Lipinski definition) is 2. The topological polar surface area (TPSA) is 88.7 Å². The van der Waals surface area contributed by atoms with Crippen molar-refractivity contribution < 1.29 is 14.4 Å². The van der Waals surface area contributed by atoms with E-state index in [0.717, 1.165) is 42.4 Å². The van der Waals surface area contributed by atoms with Crippen LogP contribution in [0.4, 0.5) is 4.79 Å². The largest absolute Gasteiger partial charge is 0.361 e. The van der Waals surface area contributed by atoms with Crippen LogP contribution in [-0.4, -0.2) is 82.8 Å². The number of H-pyrrole nitrogens is 1. The van der Waals surface area contributed by atoms with Gasteiger partial charge in [-0.1, -0.05) is 18.2 Å². The fourth-order valence-corrected chi connectivity index (χ4v) is 4.59. The maximum Gasteiger partial charge on any atom is 0.320 e. The molecule has 1 unspecified atom stereocenters. The number of piperidine rings is 1. The van der Waals surface area contributed by atoms with Gasteiger partial charge in [-0.3, -0.25) is 9.59 Å². The number of aromatic nitrogens is 1. The highest BCUT2D eigenvalue weighted by molar-refractivity contribution is 5.89. The van der Waals surface area contributed by atoms with Crippen molar-refractivity contribution in [2.45, 2.75) is 38.6 Å². The van der Waals surface area contributed by atoms with Gasteiger partial charge in [-0.2, -0.15) is 0 Å². The van der Waals surface area contributed by atoms with Gasteiger partial charge < -0.3 is 25.0 Å². The van der Waals surface area contributed by atoms with Crippen molar-refractivity contribution in [1.29, 1.82) is 0 Å². The number of urea groups is 1. The molecule has 8 nitrogen and oxygen atoms in total. The number of fused-ring (bicyclic) bond motifs is 1. The quantitative estimate of drug-likeness (QED) is 0.785. The molecule has 3 heterocycles. The van der Waals surface area contributed by atoms with E-state index in [2.05, 4.69) is 10.3 Å². The highest BCUT2D eigenvalue weighted by Crippen LogP contribution is 2.20. The van der Waals surface area contributed by atoms with E-state index in [1.165, 1.54) is 13.3 Å². The highest BCUT2D eigenvalue weighted by atomic mass is 16.2. The predicted molar refractivity (Wildman–Crippen MR) is 119 cm³/mol. The third kappa shape index (κ3) is 4.84. The second kappa shape index (κ2) is 9.41. The molecule has 1 aromatic heterocycles. The molecule has 2 N–H and O–H groups in total. The van der Waals surface area contributed by atoms with E-state index < -0.39 is 6.04 Å². The number of rotatable bonds is 4. The third-order valence-corrected chi connectivity index (χ3v) is 6.26. The molecule has 4 rings (SSSR count). The second-order valence-electron chi connectivity index (χ2n) is 8.46. The van der Waals surface area contributed by atoms with E-state index in [-0.39, 0.29) is 17.8 Å². The van der Waals surface area contributed by atoms with Crippen LogP contribution in [0.3, 0.4) is 0 Å². The number of nitrogens with zero attached hydrogens (tertiary/aromatic N) is 3. The molecule has 2 saturated heterocycles. The van der Waals surface area contributed by atoms with Crippen LogP contribution in [-0.2, 0) is 16.0 Å². The number of piperazine rings is 1. The Morgan fingerprint density at radius 2 is 1.58 bits per heavy atom. The van der Waals surface area contributed by atoms with E-state index in [1.807, 2.05) is 40.3 Å². The molecule has 0 saturated carbocycles. The van der Waals surface area contributed by atoms with Gasteiger partial charge in [-0.05, 0) is 30.9 Å². The first kappa shape index (κ1) is 21.2. The van der Waals surface area contributed by atoms with Crippen molar-refractivity contribution in [1.82, 2.24) is 25.0 Å². The predicted octanol–water partition coefficient (Wildman–Crippen LogP) is 1.97. The smallest absolute Gasteiger partial charge is 0.320 e. The minimum absolute atomic E-state index is 0.0870. The van der Waals surface area contributed by atoms with Crippen LogP contribution in [0.2, 0.25) is 0 Å². The molecule has 1 aromatic carbocycles. The van der Waals surface area contributed by atoms with Gasteiger partial charge in [-0.25, -0.2) is 4.79 Å². The van der Waals surface area contributed by atoms with Gasteiger partial charge in [0.1, 0.15) is 6.04 Å². The molecule has 4 amide bonds. The summed E-state index contributed by atoms with van der Waals surface area (Å²) in [6, 6.07) is 7.40. The van der Waals surface area contributed by atoms with Gasteiger partial charge in [0.2, 0.25) is 11.8 Å². The average Bonchev–Trinajstić information content (AvgIpc) is 3.21. The van der Waals surface area contributed by atoms with Crippen LogP contribution < -0.4 is 5.32 Å². The Labute approximate surface area is 182 Å². The summed E-state index contributed by atoms with van der Waals surface area (Å²) < 4.78 is 0. The summed E-state index contributed by atoms with van der Waals surface area (Å²) in [5, 5.41) is 3.89. The van der Waals surface area contributed by atoms with Crippen LogP contribution in [0, 0.1) is 0 Å². The summed E-state index contributed by atoms with van der Waals surface area (Å²) in [6.07, 6.45) is 5.65. The molecule has 166 valence electrons. The van der Waals surface area contributed by atoms with Crippen molar-refractivity contribution in [2.75, 3.05) is 39.3 Å². The Morgan fingerprint density at radius 1 is 0.935 bits per heavy atom. The SMILES string of the molecule is CC(=O)NC(Cc1c[nH]c2ccccc12)C(=O)N1CCN(C(=O)N2CCCCC2)CC1. The lowest BCUT2D eigenvalue weighted by Gasteiger charge is -2.39. The summed E-state index contributed by atoms with van der Waals surface area (Å²) in [6.45, 7) is 5.12. The summed E-state index contributed by atoms with van der Waals surface area (Å²) in [4.78, 5) is 46.6. The molecular formula is C23H31N5O3. The fourth-order valence-electron chi connectivity index (χ4n) is 4.59. The van der Waals surface area contributed by atoms with Gasteiger partial charge in [0.05, 0.1) is 0 Å². The lowest BCUT2D eigenvalue weighted by Crippen LogP contribution is -2.58. The second-order valence-corrected chi connectivity index (χ2v) is 8.46. The van der Waals surface area contributed by atoms with Crippen molar-refractivity contribution in [3.63, 3.8) is 0 Å². The maximum absolute atomic E-state index is 13.3. The van der Waals surface area contributed by atoms with Crippen LogP contribution in [0.15, 0.2) is 30.5 Å². The zero-order chi connectivity index (χ0) is 21.8. The lowest BCUT2D eigenvalue weighted by atomic mass is 10.0. The molecule has 31 heavy (non-hydrogen) atoms. The Kier molecular flexibility index (Phi) is 6.44. The number of carbonyl (C=O) groups is 3. The number of likely N-dealkylation sites (tertiary alicyclic amines) is 1. The van der Waals surface area contributed by atoms with Crippen LogP contribution in [0.1, 0.15) is 31.7 Å². The van der Waals surface area contributed by atoms with Crippen molar-refractivity contribution in [2.24, 2.45) is 0 Å². The minimum Gasteiger partial charge on any atom is -0.361 e. The van der Waals surface area contributed by atoms with Gasteiger partial charge >= 0.3 is 6.03 Å². The molecule has 8 heteroatoms. The Morgan fingerprint density at radius 3 is 2.29 bits per heavy atom. The van der Waals surface area contributed by atoms with E-state index >= 15 is 0 Å². The molecule has 0 radical (unpaired) electrons. The lowest BCUT2D eigenvalue weighted by molar-refractivity contribution is -0.137. The van der Waals surface area contributed by atoms with Crippen molar-refractivity contribution in [3.05, 3.63) is 36.0 Å². The summed E-state index contributed by atoms with van der Waals surface area (Å²) >= 11 is 0. The number of para-hydroxylation sites is 1. The molecule has 0 spiro atoms. The zero-order valence-electron chi connectivity index (χ0n) is 18.1. The van der Waals surface area contributed by atoms with E-state index in [4.69, 9.17) is 0 Å². The number of hydrogen-bond acceptors (Lipinski definition) is 3. The average molecular weight is 426 g/mol. The first-order chi connectivity index (χ1) is 15.0. The van der Waals surface area contributed by atoms with E-state index in [0.29, 0.717) is 32.6 Å². The standard InChI is InChI=1S/C23H31N5O3/c1-17(29)25-21(15-18-16-24-20-8-4-3-7-19(18)20)22(30)26-11-13-28(14-12-26)23(31)27-9-5-2-6-10-27/h3-4,7-8,16,21,24H,2,5-6,9-15H2,1H3,(H,25,29). The monoisotopic (exact) mass is 425 g/mol. The van der Waals surface area contributed by atoms with Gasteiger partial charge in [0, 0.05) is 69.7 Å². The first-order valence-corrected chi connectivity index (χ1v) is 11.2. The highest BCUT2D eigenvalue weighted by Gasteiger charge is 2.31. The van der Waals surface area contributed by atoms with Crippen LogP contribution >= 0.6 is 0 Å². The fraction of sp³-hybridized carbons (Fsp3) is 0.522. The van der Waals surface area contributed by atoms with Crippen LogP contribution in [0.5, 0.6) is 0 Å². The minimum atomic E-state index is -0.624. The molecule has 1 atom stereocenters. The van der Waals surface area contributed by atoms with Gasteiger partial charge in [0.25, 0.3) is 0 Å². The molecule has 2 aliphatic rings. The number of amides is 4. The van der Waals surface area contributed by atoms with Crippen molar-refractivity contribution in [3.8, 4) is 0 Å². The van der Waals surface area contributed by atoms with Crippen LogP contribution in [0.25, 0.3) is 10.9 Å². The number of carbonyl (C=O) groups excluding carboxylic acids is 3. The summed E-state index contributed by atoms with van der Waals surface area (Å²) in [7, 11) is 0. The molecule has 2 fully saturated rings. The normalized spacial score (nSPS) is 18.2. The molecule has 2 aliphatic heterocycles. The number of aromatic amines is 1. The molecular weight excluding hydrogens is 394 g/mol. The molecule has 0 aliphatic carbocycles. The molecule has 2 aromatic rings. The Hall–Kier alpha value is -3.03. The number of nitrogens with one attached hydrogen (secondary N) is 2. The summed E-state index contributed by atoms with van der Waals surface area (Å²) in [5.41, 5.74) is 2.01. The summed E-state index contributed by atoms with van der Waals surface area (Å²) in [5.74, 6) is -0.317. The molecule has 0 bridgehead atoms.